The van der Waals surface area contributed by atoms with E-state index in [2.05, 4.69) is 77.8 Å². The lowest BCUT2D eigenvalue weighted by Gasteiger charge is -2.31. The number of aromatic amines is 3. The number of aliphatic carboxylic acids is 1. The molecule has 3 aromatic heterocycles. The van der Waals surface area contributed by atoms with Crippen molar-refractivity contribution in [1.29, 1.82) is 0 Å². The SMILES string of the molecule is CC(C)[C@H](NC(=O)[C@H](Cc1c[nH]c2ccccc12)NC(=O)[C@@H](NC(=O)[C@@H](NC(=O)[C@@H](N)Cc1c[nH]c2ccccc12)C(C)C)C(C)C)C(=O)N[C@H](C(=O)N[C@@H](Cc1c[nH]c2ccccc12)C(=O)N[C@@H](CCCN=C(N)N)C(=O)N[C@@H](CCCN=C(N)N)C(=O)N[C@@H](CCCN=C(N)N)C(=O)O)C(C)C. The van der Waals surface area contributed by atoms with Crippen molar-refractivity contribution in [2.75, 3.05) is 19.6 Å². The van der Waals surface area contributed by atoms with Crippen molar-refractivity contribution >= 4 is 110 Å². The van der Waals surface area contributed by atoms with E-state index in [-0.39, 0.29) is 95.3 Å². The Morgan fingerprint density at radius 3 is 0.942 bits per heavy atom. The third kappa shape index (κ3) is 24.2. The molecule has 9 amide bonds. The predicted octanol–water partition coefficient (Wildman–Crippen LogP) is -0.282. The molecule has 10 atom stereocenters. The van der Waals surface area contributed by atoms with Crippen molar-refractivity contribution in [3.63, 3.8) is 0 Å². The number of carbonyl (C=O) groups is 10. The molecule has 0 aliphatic heterocycles. The number of amides is 9. The molecule has 0 bridgehead atoms. The van der Waals surface area contributed by atoms with E-state index in [9.17, 15) is 43.5 Å². The molecule has 0 unspecified atom stereocenters. The first-order valence-electron chi connectivity index (χ1n) is 34.9. The van der Waals surface area contributed by atoms with Crippen LogP contribution in [0.5, 0.6) is 0 Å². The Kier molecular flexibility index (Phi) is 30.8. The largest absolute Gasteiger partial charge is 0.480 e. The third-order valence-electron chi connectivity index (χ3n) is 17.6. The van der Waals surface area contributed by atoms with Crippen molar-refractivity contribution in [2.24, 2.45) is 78.8 Å². The number of hydrogen-bond donors (Lipinski definition) is 20. The fourth-order valence-electron chi connectivity index (χ4n) is 11.9. The highest BCUT2D eigenvalue weighted by atomic mass is 16.4. The maximum absolute atomic E-state index is 15.1. The van der Waals surface area contributed by atoms with Gasteiger partial charge in [0.15, 0.2) is 17.9 Å². The first-order valence-corrected chi connectivity index (χ1v) is 34.9. The van der Waals surface area contributed by atoms with Gasteiger partial charge in [-0.1, -0.05) is 110 Å². The number of nitrogens with two attached hydrogens (primary N) is 7. The van der Waals surface area contributed by atoms with Crippen molar-refractivity contribution in [2.45, 2.75) is 174 Å². The fraction of sp³-hybridized carbons (Fsp3) is 0.479. The van der Waals surface area contributed by atoms with Crippen LogP contribution in [-0.4, -0.2) is 177 Å². The summed E-state index contributed by atoms with van der Waals surface area (Å²) in [6.45, 7) is 13.6. The third-order valence-corrected chi connectivity index (χ3v) is 17.6. The summed E-state index contributed by atoms with van der Waals surface area (Å²) in [5.41, 5.74) is 44.0. The molecule has 0 saturated heterocycles. The smallest absolute Gasteiger partial charge is 0.326 e. The Balaban J connectivity index is 1.24. The Labute approximate surface area is 603 Å². The van der Waals surface area contributed by atoms with Gasteiger partial charge in [-0.25, -0.2) is 4.79 Å². The summed E-state index contributed by atoms with van der Waals surface area (Å²) in [6, 6.07) is 8.80. The molecule has 3 heterocycles. The van der Waals surface area contributed by atoms with Crippen LogP contribution < -0.4 is 88.0 Å². The number of fused-ring (bicyclic) bond motifs is 3. The summed E-state index contributed by atoms with van der Waals surface area (Å²) in [7, 11) is 0. The van der Waals surface area contributed by atoms with Gasteiger partial charge in [0.25, 0.3) is 0 Å². The van der Waals surface area contributed by atoms with E-state index in [0.29, 0.717) is 22.0 Å². The van der Waals surface area contributed by atoms with Gasteiger partial charge in [-0.3, -0.25) is 58.1 Å². The molecule has 33 nitrogen and oxygen atoms in total. The van der Waals surface area contributed by atoms with Crippen LogP contribution in [0.2, 0.25) is 0 Å². The molecular formula is C71H104N22O11. The highest BCUT2D eigenvalue weighted by Crippen LogP contribution is 2.23. The Hall–Kier alpha value is -11.2. The Morgan fingerprint density at radius 1 is 0.356 bits per heavy atom. The minimum absolute atomic E-state index is 0.00105. The molecule has 0 radical (unpaired) electrons. The van der Waals surface area contributed by atoms with Gasteiger partial charge in [-0.15, -0.1) is 0 Å². The van der Waals surface area contributed by atoms with Crippen LogP contribution in [0.1, 0.15) is 111 Å². The molecule has 6 rings (SSSR count). The summed E-state index contributed by atoms with van der Waals surface area (Å²) >= 11 is 0. The molecule has 0 fully saturated rings. The fourth-order valence-corrected chi connectivity index (χ4v) is 11.9. The molecule has 564 valence electrons. The number of nitrogens with one attached hydrogen (secondary N) is 12. The summed E-state index contributed by atoms with van der Waals surface area (Å²) in [4.78, 5) is 165. The van der Waals surface area contributed by atoms with E-state index in [1.165, 1.54) is 0 Å². The van der Waals surface area contributed by atoms with Crippen LogP contribution in [0, 0.1) is 23.7 Å². The van der Waals surface area contributed by atoms with Crippen LogP contribution in [0.4, 0.5) is 0 Å². The average molecular weight is 1440 g/mol. The topological polar surface area (TPSA) is 566 Å². The number of carboxylic acid groups (broad SMARTS) is 1. The second kappa shape index (κ2) is 39.2. The zero-order chi connectivity index (χ0) is 76.5. The predicted molar refractivity (Wildman–Crippen MR) is 398 cm³/mol. The molecular weight excluding hydrogens is 1340 g/mol. The van der Waals surface area contributed by atoms with E-state index in [4.69, 9.17) is 40.1 Å². The summed E-state index contributed by atoms with van der Waals surface area (Å²) in [6.07, 6.45) is 5.09. The number of para-hydroxylation sites is 3. The minimum atomic E-state index is -1.48. The number of carboxylic acids is 1. The van der Waals surface area contributed by atoms with Gasteiger partial charge in [0.1, 0.15) is 54.4 Å². The molecule has 104 heavy (non-hydrogen) atoms. The lowest BCUT2D eigenvalue weighted by molar-refractivity contribution is -0.142. The monoisotopic (exact) mass is 1440 g/mol. The van der Waals surface area contributed by atoms with Crippen molar-refractivity contribution in [3.05, 3.63) is 108 Å². The molecule has 0 aliphatic rings. The number of hydrogen-bond acceptors (Lipinski definition) is 14. The Morgan fingerprint density at radius 2 is 0.615 bits per heavy atom. The maximum Gasteiger partial charge on any atom is 0.326 e. The van der Waals surface area contributed by atoms with E-state index >= 15 is 9.59 Å². The van der Waals surface area contributed by atoms with Gasteiger partial charge < -0.3 is 108 Å². The highest BCUT2D eigenvalue weighted by Gasteiger charge is 2.39. The standard InChI is InChI=1S/C71H104N22O11/c1-36(2)55(64(99)88-53(31-41-34-83-48-22-13-10-19-44(41)48)62(97)86-50(24-15-27-79-69(73)74)60(95)85-51(25-16-28-80-70(75)76)61(96)87-52(68(103)104)26-17-29-81-71(77)78)93-67(102)58(39(7)8)91-63(98)54(32-42-35-84-49-23-14-11-20-45(42)49)89-65(100)56(37(3)4)92-66(101)57(38(5)6)90-59(94)46(72)30-40-33-82-47-21-12-9-18-43(40)47/h9-14,18-23,33-39,46,50-58,82-84H,15-17,24-32,72H2,1-8H3,(H,85,95)(H,86,97)(H,87,96)(H,88,99)(H,89,100)(H,90,94)(H,91,98)(H,92,101)(H,93,102)(H,103,104)(H4,73,74,79)(H4,75,76,80)(H4,77,78,81)/t46-,50-,51-,52-,53-,54-,55-,56-,57-,58-/m0/s1. The van der Waals surface area contributed by atoms with Gasteiger partial charge >= 0.3 is 5.97 Å². The number of rotatable bonds is 41. The van der Waals surface area contributed by atoms with E-state index in [1.54, 1.807) is 86.1 Å². The highest BCUT2D eigenvalue weighted by molar-refractivity contribution is 6.00. The van der Waals surface area contributed by atoms with E-state index < -0.39 is 143 Å². The maximum atomic E-state index is 15.1. The summed E-state index contributed by atoms with van der Waals surface area (Å²) in [5, 5.41) is 37.2. The minimum Gasteiger partial charge on any atom is -0.480 e. The molecule has 6 aromatic rings. The molecule has 33 heteroatoms. The van der Waals surface area contributed by atoms with Crippen LogP contribution >= 0.6 is 0 Å². The van der Waals surface area contributed by atoms with Crippen molar-refractivity contribution < 1.29 is 53.1 Å². The van der Waals surface area contributed by atoms with Gasteiger partial charge in [0.2, 0.25) is 53.2 Å². The molecule has 3 aromatic carbocycles. The number of carbonyl (C=O) groups excluding carboxylic acids is 9. The quantitative estimate of drug-likeness (QED) is 0.0133. The molecule has 0 saturated carbocycles. The van der Waals surface area contributed by atoms with Crippen LogP contribution in [-0.2, 0) is 67.2 Å². The van der Waals surface area contributed by atoms with Crippen molar-refractivity contribution in [1.82, 2.24) is 62.8 Å². The number of benzene rings is 3. The van der Waals surface area contributed by atoms with Crippen LogP contribution in [0.3, 0.4) is 0 Å². The van der Waals surface area contributed by atoms with E-state index in [1.807, 2.05) is 60.7 Å². The first kappa shape index (κ1) is 81.7. The van der Waals surface area contributed by atoms with Gasteiger partial charge in [0.05, 0.1) is 6.04 Å². The number of H-pyrrole nitrogens is 3. The van der Waals surface area contributed by atoms with Crippen molar-refractivity contribution in [3.8, 4) is 0 Å². The lowest BCUT2D eigenvalue weighted by Crippen LogP contribution is -2.62. The van der Waals surface area contributed by atoms with Gasteiger partial charge in [-0.2, -0.15) is 0 Å². The zero-order valence-electron chi connectivity index (χ0n) is 60.1. The molecule has 0 spiro atoms. The number of nitrogens with zero attached hydrogens (tertiary/aromatic N) is 3. The average Bonchev–Trinajstić information content (AvgIpc) is 1.79. The normalized spacial score (nSPS) is 14.3. The Bertz CT molecular complexity index is 4030. The number of aromatic nitrogens is 3. The molecule has 27 N–H and O–H groups in total. The lowest BCUT2D eigenvalue weighted by atomic mass is 9.97. The van der Waals surface area contributed by atoms with Crippen LogP contribution in [0.25, 0.3) is 32.7 Å². The first-order chi connectivity index (χ1) is 49.3. The number of aliphatic imine (C=N–C) groups is 3. The second-order valence-corrected chi connectivity index (χ2v) is 27.2. The van der Waals surface area contributed by atoms with Crippen LogP contribution in [0.15, 0.2) is 106 Å². The zero-order valence-corrected chi connectivity index (χ0v) is 60.1. The number of guanidine groups is 3. The van der Waals surface area contributed by atoms with Gasteiger partial charge in [-0.05, 0) is 104 Å². The summed E-state index contributed by atoms with van der Waals surface area (Å²) < 4.78 is 0. The second-order valence-electron chi connectivity index (χ2n) is 27.2. The molecule has 0 aliphatic carbocycles. The van der Waals surface area contributed by atoms with Gasteiger partial charge in [0, 0.05) is 83.8 Å². The summed E-state index contributed by atoms with van der Waals surface area (Å²) in [5.74, 6) is -11.5. The van der Waals surface area contributed by atoms with E-state index in [0.717, 1.165) is 27.4 Å².